The van der Waals surface area contributed by atoms with Gasteiger partial charge in [-0.1, -0.05) is 0 Å². The molecule has 0 aromatic heterocycles. The van der Waals surface area contributed by atoms with Crippen LogP contribution in [0, 0.1) is 28.1 Å². The molecule has 0 aromatic carbocycles. The van der Waals surface area contributed by atoms with Gasteiger partial charge in [0.15, 0.2) is 0 Å². The third-order valence-electron chi connectivity index (χ3n) is 1.43. The summed E-state index contributed by atoms with van der Waals surface area (Å²) in [5.74, 6) is -0.979. The summed E-state index contributed by atoms with van der Waals surface area (Å²) in [5.41, 5.74) is -1.01. The second kappa shape index (κ2) is 8.25. The lowest BCUT2D eigenvalue weighted by molar-refractivity contribution is -0.147. The van der Waals surface area contributed by atoms with E-state index in [-0.39, 0.29) is 6.42 Å². The Bertz CT molecular complexity index is 323. The third kappa shape index (κ3) is 7.34. The molecule has 0 bridgehead atoms. The quantitative estimate of drug-likeness (QED) is 0.645. The molecule has 0 aliphatic heterocycles. The van der Waals surface area contributed by atoms with Gasteiger partial charge < -0.3 is 9.47 Å². The van der Waals surface area contributed by atoms with Crippen molar-refractivity contribution in [2.45, 2.75) is 20.3 Å². The van der Waals surface area contributed by atoms with Crippen molar-refractivity contribution in [1.29, 1.82) is 10.5 Å². The Morgan fingerprint density at radius 2 is 1.69 bits per heavy atom. The molecular formula is C10H14N2O4. The fourth-order valence-electron chi connectivity index (χ4n) is 0.438. The summed E-state index contributed by atoms with van der Waals surface area (Å²) in [6.45, 7) is 3.03. The van der Waals surface area contributed by atoms with Gasteiger partial charge in [-0.2, -0.15) is 10.5 Å². The van der Waals surface area contributed by atoms with Crippen molar-refractivity contribution in [3.05, 3.63) is 0 Å². The monoisotopic (exact) mass is 226 g/mol. The number of carbonyl (C=O) groups is 2. The van der Waals surface area contributed by atoms with Crippen molar-refractivity contribution in [2.24, 2.45) is 5.41 Å². The van der Waals surface area contributed by atoms with Gasteiger partial charge >= 0.3 is 11.9 Å². The molecule has 0 aliphatic carbocycles. The fourth-order valence-corrected chi connectivity index (χ4v) is 0.438. The summed E-state index contributed by atoms with van der Waals surface area (Å²) >= 11 is 0. The minimum atomic E-state index is -1.01. The van der Waals surface area contributed by atoms with E-state index in [4.69, 9.17) is 10.5 Å². The molecule has 0 atom stereocenters. The molecular weight excluding hydrogens is 212 g/mol. The Balaban J connectivity index is 0. The largest absolute Gasteiger partial charge is 0.468 e. The van der Waals surface area contributed by atoms with Crippen molar-refractivity contribution in [3.8, 4) is 12.1 Å². The Hall–Kier alpha value is -2.08. The van der Waals surface area contributed by atoms with E-state index in [1.54, 1.807) is 6.07 Å². The molecule has 0 N–H and O–H groups in total. The van der Waals surface area contributed by atoms with E-state index in [1.165, 1.54) is 28.1 Å². The maximum absolute atomic E-state index is 10.6. The highest BCUT2D eigenvalue weighted by Crippen LogP contribution is 2.13. The van der Waals surface area contributed by atoms with Crippen molar-refractivity contribution >= 4 is 11.9 Å². The number of ether oxygens (including phenoxy) is 2. The lowest BCUT2D eigenvalue weighted by Gasteiger charge is -2.09. The van der Waals surface area contributed by atoms with Gasteiger partial charge in [-0.3, -0.25) is 9.59 Å². The lowest BCUT2D eigenvalue weighted by Crippen LogP contribution is -2.23. The van der Waals surface area contributed by atoms with Crippen LogP contribution in [-0.4, -0.2) is 26.2 Å². The molecule has 0 heterocycles. The van der Waals surface area contributed by atoms with E-state index >= 15 is 0 Å². The zero-order valence-electron chi connectivity index (χ0n) is 9.73. The second-order valence-corrected chi connectivity index (χ2v) is 3.14. The van der Waals surface area contributed by atoms with Crippen molar-refractivity contribution in [2.75, 3.05) is 14.2 Å². The van der Waals surface area contributed by atoms with Crippen LogP contribution in [0.1, 0.15) is 20.3 Å². The highest BCUT2D eigenvalue weighted by Gasteiger charge is 2.27. The Labute approximate surface area is 94.4 Å². The first-order valence-electron chi connectivity index (χ1n) is 4.29. The Kier molecular flexibility index (Phi) is 8.43. The molecule has 6 nitrogen and oxygen atoms in total. The number of rotatable bonds is 2. The lowest BCUT2D eigenvalue weighted by atomic mass is 9.97. The number of hydrogen-bond acceptors (Lipinski definition) is 6. The number of nitriles is 2. The molecule has 88 valence electrons. The molecule has 0 amide bonds. The predicted octanol–water partition coefficient (Wildman–Crippen LogP) is 0.782. The van der Waals surface area contributed by atoms with E-state index in [2.05, 4.69) is 9.47 Å². The molecule has 0 saturated carbocycles. The summed E-state index contributed by atoms with van der Waals surface area (Å²) < 4.78 is 8.47. The van der Waals surface area contributed by atoms with Gasteiger partial charge in [-0.05, 0) is 13.8 Å². The van der Waals surface area contributed by atoms with E-state index < -0.39 is 17.4 Å². The van der Waals surface area contributed by atoms with Crippen LogP contribution in [0.4, 0.5) is 0 Å². The maximum atomic E-state index is 10.6. The number of nitrogens with zero attached hydrogens (tertiary/aromatic N) is 2. The van der Waals surface area contributed by atoms with Gasteiger partial charge in [0.2, 0.25) is 0 Å². The molecule has 0 radical (unpaired) electrons. The van der Waals surface area contributed by atoms with E-state index in [9.17, 15) is 9.59 Å². The molecule has 0 aromatic rings. The normalized spacial score (nSPS) is 8.62. The van der Waals surface area contributed by atoms with Crippen LogP contribution in [0.15, 0.2) is 0 Å². The SMILES string of the molecule is COC(=O)C(C)(C)C#N.COC(=O)CC#N. The van der Waals surface area contributed by atoms with Gasteiger partial charge in [0, 0.05) is 0 Å². The van der Waals surface area contributed by atoms with Crippen LogP contribution in [0.5, 0.6) is 0 Å². The summed E-state index contributed by atoms with van der Waals surface area (Å²) in [6.07, 6.45) is -0.156. The number of hydrogen-bond donors (Lipinski definition) is 0. The summed E-state index contributed by atoms with van der Waals surface area (Å²) in [6, 6.07) is 3.46. The van der Waals surface area contributed by atoms with Crippen molar-refractivity contribution < 1.29 is 19.1 Å². The Morgan fingerprint density at radius 1 is 1.19 bits per heavy atom. The van der Waals surface area contributed by atoms with Crippen molar-refractivity contribution in [1.82, 2.24) is 0 Å². The highest BCUT2D eigenvalue weighted by atomic mass is 16.5. The van der Waals surface area contributed by atoms with Crippen LogP contribution in [0.3, 0.4) is 0 Å². The molecule has 0 fully saturated rings. The number of esters is 2. The van der Waals surface area contributed by atoms with Crippen molar-refractivity contribution in [3.63, 3.8) is 0 Å². The molecule has 0 spiro atoms. The molecule has 0 aliphatic rings. The first-order chi connectivity index (χ1) is 7.35. The minimum Gasteiger partial charge on any atom is -0.468 e. The average molecular weight is 226 g/mol. The van der Waals surface area contributed by atoms with E-state index in [0.29, 0.717) is 0 Å². The van der Waals surface area contributed by atoms with Gasteiger partial charge in [0.25, 0.3) is 0 Å². The van der Waals surface area contributed by atoms with Crippen LogP contribution in [0.25, 0.3) is 0 Å². The first-order valence-corrected chi connectivity index (χ1v) is 4.29. The zero-order chi connectivity index (χ0) is 13.2. The summed E-state index contributed by atoms with van der Waals surface area (Å²) in [4.78, 5) is 20.6. The van der Waals surface area contributed by atoms with Crippen LogP contribution < -0.4 is 0 Å². The molecule has 0 unspecified atom stereocenters. The van der Waals surface area contributed by atoms with E-state index in [0.717, 1.165) is 0 Å². The van der Waals surface area contributed by atoms with Gasteiger partial charge in [-0.15, -0.1) is 0 Å². The van der Waals surface area contributed by atoms with Crippen LogP contribution in [0.2, 0.25) is 0 Å². The third-order valence-corrected chi connectivity index (χ3v) is 1.43. The standard InChI is InChI=1S/C6H9NO2.C4H5NO2/c1-6(2,4-7)5(8)9-3;1-7-4(6)2-3-5/h1-3H3;2H2,1H3. The minimum absolute atomic E-state index is 0.156. The van der Waals surface area contributed by atoms with Gasteiger partial charge in [0.05, 0.1) is 26.4 Å². The maximum Gasteiger partial charge on any atom is 0.325 e. The predicted molar refractivity (Wildman–Crippen MR) is 53.7 cm³/mol. The first kappa shape index (κ1) is 16.4. The zero-order valence-corrected chi connectivity index (χ0v) is 9.73. The Morgan fingerprint density at radius 3 is 1.81 bits per heavy atom. The van der Waals surface area contributed by atoms with Crippen LogP contribution >= 0.6 is 0 Å². The average Bonchev–Trinajstić information content (AvgIpc) is 2.28. The molecule has 0 saturated heterocycles. The smallest absolute Gasteiger partial charge is 0.325 e. The second-order valence-electron chi connectivity index (χ2n) is 3.14. The van der Waals surface area contributed by atoms with Crippen LogP contribution in [-0.2, 0) is 19.1 Å². The summed E-state index contributed by atoms with van der Waals surface area (Å²) in [5, 5.41) is 16.2. The number of methoxy groups -OCH3 is 2. The molecule has 0 rings (SSSR count). The van der Waals surface area contributed by atoms with Gasteiger partial charge in [-0.25, -0.2) is 0 Å². The fraction of sp³-hybridized carbons (Fsp3) is 0.600. The van der Waals surface area contributed by atoms with E-state index in [1.807, 2.05) is 6.07 Å². The van der Waals surface area contributed by atoms with Gasteiger partial charge in [0.1, 0.15) is 11.8 Å². The summed E-state index contributed by atoms with van der Waals surface area (Å²) in [7, 11) is 2.51. The highest BCUT2D eigenvalue weighted by molar-refractivity contribution is 5.78. The topological polar surface area (TPSA) is 100 Å². The molecule has 16 heavy (non-hydrogen) atoms. The number of carbonyl (C=O) groups excluding carboxylic acids is 2. The molecule has 6 heteroatoms.